The Morgan fingerprint density at radius 3 is 2.72 bits per heavy atom. The van der Waals surface area contributed by atoms with Gasteiger partial charge in [-0.05, 0) is 44.4 Å². The zero-order valence-electron chi connectivity index (χ0n) is 14.6. The average Bonchev–Trinajstić information content (AvgIpc) is 3.10. The van der Waals surface area contributed by atoms with Crippen LogP contribution in [-0.4, -0.2) is 65.1 Å². The van der Waals surface area contributed by atoms with Gasteiger partial charge in [-0.1, -0.05) is 6.92 Å². The van der Waals surface area contributed by atoms with Crippen molar-refractivity contribution < 1.29 is 14.7 Å². The molecule has 3 rings (SSSR count). The Morgan fingerprint density at radius 1 is 1.36 bits per heavy atom. The number of rotatable bonds is 7. The van der Waals surface area contributed by atoms with Crippen LogP contribution in [0.25, 0.3) is 0 Å². The fourth-order valence-electron chi connectivity index (χ4n) is 3.65. The SMILES string of the molecule is CCN(CC(=O)O)C1CC(NC(=O)c2cc(N3CCCC3)ccn2)C1. The summed E-state index contributed by atoms with van der Waals surface area (Å²) < 4.78 is 0. The summed E-state index contributed by atoms with van der Waals surface area (Å²) in [5.41, 5.74) is 1.51. The predicted octanol–water partition coefficient (Wildman–Crippen LogP) is 1.35. The molecule has 136 valence electrons. The number of aliphatic carboxylic acids is 1. The number of nitrogens with zero attached hydrogens (tertiary/aromatic N) is 3. The van der Waals surface area contributed by atoms with Crippen molar-refractivity contribution in [2.24, 2.45) is 0 Å². The molecule has 25 heavy (non-hydrogen) atoms. The Labute approximate surface area is 148 Å². The van der Waals surface area contributed by atoms with Crippen LogP contribution in [0.2, 0.25) is 0 Å². The second-order valence-corrected chi connectivity index (χ2v) is 6.85. The zero-order chi connectivity index (χ0) is 17.8. The Balaban J connectivity index is 1.52. The highest BCUT2D eigenvalue weighted by atomic mass is 16.4. The molecule has 2 aliphatic rings. The van der Waals surface area contributed by atoms with Crippen LogP contribution in [0.3, 0.4) is 0 Å². The first-order chi connectivity index (χ1) is 12.1. The third-order valence-corrected chi connectivity index (χ3v) is 5.16. The zero-order valence-corrected chi connectivity index (χ0v) is 14.6. The van der Waals surface area contributed by atoms with Crippen LogP contribution in [0, 0.1) is 0 Å². The molecule has 1 aromatic rings. The standard InChI is InChI=1S/C18H26N4O3/c1-2-21(12-17(23)24)15-9-13(10-15)20-18(25)16-11-14(5-6-19-16)22-7-3-4-8-22/h5-6,11,13,15H,2-4,7-10,12H2,1H3,(H,20,25)(H,23,24). The summed E-state index contributed by atoms with van der Waals surface area (Å²) in [6.07, 6.45) is 5.66. The van der Waals surface area contributed by atoms with Crippen molar-refractivity contribution in [1.29, 1.82) is 0 Å². The minimum Gasteiger partial charge on any atom is -0.480 e. The van der Waals surface area contributed by atoms with E-state index >= 15 is 0 Å². The Kier molecular flexibility index (Phi) is 5.53. The Bertz CT molecular complexity index is 625. The van der Waals surface area contributed by atoms with Crippen LogP contribution in [0.1, 0.15) is 43.1 Å². The molecule has 0 atom stereocenters. The van der Waals surface area contributed by atoms with Gasteiger partial charge in [-0.25, -0.2) is 0 Å². The number of carboxylic acids is 1. The molecule has 0 spiro atoms. The molecule has 1 amide bonds. The molecule has 2 heterocycles. The van der Waals surface area contributed by atoms with E-state index in [1.165, 1.54) is 12.8 Å². The van der Waals surface area contributed by atoms with E-state index in [9.17, 15) is 9.59 Å². The number of nitrogens with one attached hydrogen (secondary N) is 1. The number of amides is 1. The molecule has 0 radical (unpaired) electrons. The van der Waals surface area contributed by atoms with E-state index < -0.39 is 5.97 Å². The molecule has 1 aliphatic carbocycles. The Morgan fingerprint density at radius 2 is 2.08 bits per heavy atom. The van der Waals surface area contributed by atoms with E-state index in [1.54, 1.807) is 6.20 Å². The third-order valence-electron chi connectivity index (χ3n) is 5.16. The maximum absolute atomic E-state index is 12.4. The molecule has 7 heteroatoms. The number of hydrogen-bond donors (Lipinski definition) is 2. The smallest absolute Gasteiger partial charge is 0.317 e. The fraction of sp³-hybridized carbons (Fsp3) is 0.611. The quantitative estimate of drug-likeness (QED) is 0.775. The molecule has 1 aromatic heterocycles. The minimum absolute atomic E-state index is 0.0568. The highest BCUT2D eigenvalue weighted by Gasteiger charge is 2.35. The molecule has 7 nitrogen and oxygen atoms in total. The molecule has 0 aromatic carbocycles. The number of likely N-dealkylation sites (N-methyl/N-ethyl adjacent to an activating group) is 1. The first kappa shape index (κ1) is 17.7. The first-order valence-corrected chi connectivity index (χ1v) is 9.04. The van der Waals surface area contributed by atoms with Crippen molar-refractivity contribution in [2.75, 3.05) is 31.1 Å². The average molecular weight is 346 g/mol. The van der Waals surface area contributed by atoms with Gasteiger partial charge in [0.05, 0.1) is 6.54 Å². The van der Waals surface area contributed by atoms with Crippen LogP contribution in [0.4, 0.5) is 5.69 Å². The highest BCUT2D eigenvalue weighted by molar-refractivity contribution is 5.93. The maximum atomic E-state index is 12.4. The van der Waals surface area contributed by atoms with Crippen LogP contribution in [0.15, 0.2) is 18.3 Å². The number of carbonyl (C=O) groups is 2. The van der Waals surface area contributed by atoms with Crippen molar-refractivity contribution in [3.8, 4) is 0 Å². The van der Waals surface area contributed by atoms with Crippen molar-refractivity contribution in [2.45, 2.75) is 44.7 Å². The molecular weight excluding hydrogens is 320 g/mol. The van der Waals surface area contributed by atoms with Gasteiger partial charge in [0.2, 0.25) is 0 Å². The van der Waals surface area contributed by atoms with Gasteiger partial charge in [0.15, 0.2) is 0 Å². The number of carbonyl (C=O) groups excluding carboxylic acids is 1. The summed E-state index contributed by atoms with van der Waals surface area (Å²) >= 11 is 0. The van der Waals surface area contributed by atoms with Gasteiger partial charge in [-0.3, -0.25) is 19.5 Å². The van der Waals surface area contributed by atoms with Crippen LogP contribution >= 0.6 is 0 Å². The monoisotopic (exact) mass is 346 g/mol. The number of pyridine rings is 1. The molecule has 1 aliphatic heterocycles. The number of anilines is 1. The molecule has 2 fully saturated rings. The van der Waals surface area contributed by atoms with Gasteiger partial charge >= 0.3 is 5.97 Å². The van der Waals surface area contributed by atoms with E-state index in [-0.39, 0.29) is 24.5 Å². The van der Waals surface area contributed by atoms with Gasteiger partial charge in [-0.15, -0.1) is 0 Å². The van der Waals surface area contributed by atoms with E-state index in [0.717, 1.165) is 31.6 Å². The Hall–Kier alpha value is -2.15. The van der Waals surface area contributed by atoms with Crippen LogP contribution < -0.4 is 10.2 Å². The summed E-state index contributed by atoms with van der Waals surface area (Å²) in [5.74, 6) is -0.956. The summed E-state index contributed by atoms with van der Waals surface area (Å²) in [5, 5.41) is 12.0. The lowest BCUT2D eigenvalue weighted by atomic mass is 9.85. The van der Waals surface area contributed by atoms with Gasteiger partial charge in [-0.2, -0.15) is 0 Å². The van der Waals surface area contributed by atoms with Crippen molar-refractivity contribution in [3.63, 3.8) is 0 Å². The van der Waals surface area contributed by atoms with Crippen molar-refractivity contribution in [1.82, 2.24) is 15.2 Å². The summed E-state index contributed by atoms with van der Waals surface area (Å²) in [6, 6.07) is 4.14. The largest absolute Gasteiger partial charge is 0.480 e. The normalized spacial score (nSPS) is 22.7. The highest BCUT2D eigenvalue weighted by Crippen LogP contribution is 2.26. The topological polar surface area (TPSA) is 85.8 Å². The second-order valence-electron chi connectivity index (χ2n) is 6.85. The fourth-order valence-corrected chi connectivity index (χ4v) is 3.65. The maximum Gasteiger partial charge on any atom is 0.317 e. The van der Waals surface area contributed by atoms with Crippen molar-refractivity contribution >= 4 is 17.6 Å². The lowest BCUT2D eigenvalue weighted by molar-refractivity contribution is -0.139. The van der Waals surface area contributed by atoms with Gasteiger partial charge in [0.1, 0.15) is 5.69 Å². The predicted molar refractivity (Wildman–Crippen MR) is 94.8 cm³/mol. The van der Waals surface area contributed by atoms with Crippen LogP contribution in [-0.2, 0) is 4.79 Å². The minimum atomic E-state index is -0.808. The summed E-state index contributed by atoms with van der Waals surface area (Å²) in [6.45, 7) is 4.79. The van der Waals surface area contributed by atoms with E-state index in [2.05, 4.69) is 15.2 Å². The van der Waals surface area contributed by atoms with E-state index in [0.29, 0.717) is 12.2 Å². The second kappa shape index (κ2) is 7.82. The van der Waals surface area contributed by atoms with Gasteiger partial charge in [0.25, 0.3) is 5.91 Å². The third kappa shape index (κ3) is 4.28. The molecule has 0 bridgehead atoms. The number of carboxylic acid groups (broad SMARTS) is 1. The van der Waals surface area contributed by atoms with Crippen molar-refractivity contribution in [3.05, 3.63) is 24.0 Å². The molecular formula is C18H26N4O3. The number of hydrogen-bond acceptors (Lipinski definition) is 5. The molecule has 0 unspecified atom stereocenters. The molecule has 2 N–H and O–H groups in total. The summed E-state index contributed by atoms with van der Waals surface area (Å²) in [7, 11) is 0. The molecule has 1 saturated carbocycles. The lowest BCUT2D eigenvalue weighted by Gasteiger charge is -2.42. The summed E-state index contributed by atoms with van der Waals surface area (Å²) in [4.78, 5) is 31.7. The van der Waals surface area contributed by atoms with E-state index in [4.69, 9.17) is 5.11 Å². The van der Waals surface area contributed by atoms with E-state index in [1.807, 2.05) is 24.0 Å². The number of aromatic nitrogens is 1. The molecule has 1 saturated heterocycles. The van der Waals surface area contributed by atoms with Gasteiger partial charge < -0.3 is 15.3 Å². The lowest BCUT2D eigenvalue weighted by Crippen LogP contribution is -2.54. The van der Waals surface area contributed by atoms with Gasteiger partial charge in [0, 0.05) is 37.1 Å². The van der Waals surface area contributed by atoms with Crippen LogP contribution in [0.5, 0.6) is 0 Å². The first-order valence-electron chi connectivity index (χ1n) is 9.04.